The molecule has 1 aliphatic rings. The predicted molar refractivity (Wildman–Crippen MR) is 112 cm³/mol. The van der Waals surface area contributed by atoms with Crippen molar-refractivity contribution in [1.29, 1.82) is 0 Å². The van der Waals surface area contributed by atoms with Gasteiger partial charge in [-0.2, -0.15) is 0 Å². The Bertz CT molecular complexity index is 1140. The average Bonchev–Trinajstić information content (AvgIpc) is 3.20. The van der Waals surface area contributed by atoms with Crippen LogP contribution in [0.4, 0.5) is 5.69 Å². The van der Waals surface area contributed by atoms with Gasteiger partial charge >= 0.3 is 0 Å². The Labute approximate surface area is 173 Å². The van der Waals surface area contributed by atoms with Crippen LogP contribution >= 0.6 is 0 Å². The summed E-state index contributed by atoms with van der Waals surface area (Å²) in [6, 6.07) is 14.6. The normalized spacial score (nSPS) is 12.1. The molecule has 3 aromatic rings. The van der Waals surface area contributed by atoms with E-state index in [-0.39, 0.29) is 17.9 Å². The van der Waals surface area contributed by atoms with Gasteiger partial charge in [0.05, 0.1) is 13.2 Å². The molecule has 0 unspecified atom stereocenters. The summed E-state index contributed by atoms with van der Waals surface area (Å²) >= 11 is 0. The van der Waals surface area contributed by atoms with E-state index in [0.29, 0.717) is 35.9 Å². The topological polar surface area (TPSA) is 78.8 Å². The van der Waals surface area contributed by atoms with Crippen molar-refractivity contribution in [2.45, 2.75) is 20.1 Å². The third kappa shape index (κ3) is 4.06. The lowest BCUT2D eigenvalue weighted by Crippen LogP contribution is -2.30. The standard InChI is InChI=1S/C23H22N2O5/c1-15-9-10-25(12-17-5-8-19-20(11-17)30-14-29-19)23(27)21(15)22(26)24-18-6-3-16(4-7-18)13-28-2/h3-11H,12-14H2,1-2H3,(H,24,26). The molecular formula is C23H22N2O5. The number of pyridine rings is 1. The molecule has 0 saturated carbocycles. The van der Waals surface area contributed by atoms with Crippen LogP contribution in [0, 0.1) is 6.92 Å². The van der Waals surface area contributed by atoms with Crippen LogP contribution in [0.1, 0.15) is 27.0 Å². The average molecular weight is 406 g/mol. The van der Waals surface area contributed by atoms with Gasteiger partial charge in [0, 0.05) is 19.0 Å². The number of methoxy groups -OCH3 is 1. The van der Waals surface area contributed by atoms with Crippen molar-refractivity contribution >= 4 is 11.6 Å². The Morgan fingerprint density at radius 2 is 1.80 bits per heavy atom. The lowest BCUT2D eigenvalue weighted by molar-refractivity contribution is 0.102. The van der Waals surface area contributed by atoms with E-state index in [1.807, 2.05) is 30.3 Å². The van der Waals surface area contributed by atoms with Crippen molar-refractivity contribution in [2.24, 2.45) is 0 Å². The molecule has 1 aromatic heterocycles. The number of anilines is 1. The smallest absolute Gasteiger partial charge is 0.263 e. The summed E-state index contributed by atoms with van der Waals surface area (Å²) in [5.74, 6) is 0.908. The Morgan fingerprint density at radius 3 is 2.57 bits per heavy atom. The van der Waals surface area contributed by atoms with Crippen molar-refractivity contribution in [3.8, 4) is 11.5 Å². The van der Waals surface area contributed by atoms with Crippen LogP contribution < -0.4 is 20.3 Å². The number of carbonyl (C=O) groups is 1. The fourth-order valence-electron chi connectivity index (χ4n) is 3.35. The molecule has 2 aromatic carbocycles. The molecular weight excluding hydrogens is 384 g/mol. The summed E-state index contributed by atoms with van der Waals surface area (Å²) in [5, 5.41) is 2.80. The zero-order valence-electron chi connectivity index (χ0n) is 16.8. The number of hydrogen-bond donors (Lipinski definition) is 1. The Morgan fingerprint density at radius 1 is 1.07 bits per heavy atom. The van der Waals surface area contributed by atoms with E-state index in [0.717, 1.165) is 11.1 Å². The molecule has 2 heterocycles. The molecule has 1 amide bonds. The first-order valence-electron chi connectivity index (χ1n) is 9.53. The lowest BCUT2D eigenvalue weighted by Gasteiger charge is -2.12. The zero-order chi connectivity index (χ0) is 21.1. The molecule has 1 N–H and O–H groups in total. The number of benzene rings is 2. The molecule has 30 heavy (non-hydrogen) atoms. The van der Waals surface area contributed by atoms with Crippen LogP contribution in [0.25, 0.3) is 0 Å². The van der Waals surface area contributed by atoms with Crippen LogP contribution in [-0.4, -0.2) is 24.4 Å². The van der Waals surface area contributed by atoms with E-state index in [2.05, 4.69) is 5.32 Å². The molecule has 1 aliphatic heterocycles. The molecule has 0 bridgehead atoms. The van der Waals surface area contributed by atoms with E-state index < -0.39 is 5.91 Å². The summed E-state index contributed by atoms with van der Waals surface area (Å²) in [4.78, 5) is 25.9. The summed E-state index contributed by atoms with van der Waals surface area (Å²) < 4.78 is 17.3. The Balaban J connectivity index is 1.56. The monoisotopic (exact) mass is 406 g/mol. The Kier molecular flexibility index (Phi) is 5.54. The van der Waals surface area contributed by atoms with Crippen molar-refractivity contribution in [3.63, 3.8) is 0 Å². The molecule has 4 rings (SSSR count). The van der Waals surface area contributed by atoms with Gasteiger partial charge in [0.2, 0.25) is 6.79 Å². The first-order valence-corrected chi connectivity index (χ1v) is 9.53. The van der Waals surface area contributed by atoms with Gasteiger partial charge in [-0.1, -0.05) is 18.2 Å². The van der Waals surface area contributed by atoms with Gasteiger partial charge in [-0.15, -0.1) is 0 Å². The minimum Gasteiger partial charge on any atom is -0.454 e. The maximum Gasteiger partial charge on any atom is 0.263 e. The fourth-order valence-corrected chi connectivity index (χ4v) is 3.35. The van der Waals surface area contributed by atoms with Crippen molar-refractivity contribution in [1.82, 2.24) is 4.57 Å². The highest BCUT2D eigenvalue weighted by molar-refractivity contribution is 6.05. The second-order valence-electron chi connectivity index (χ2n) is 7.08. The number of amides is 1. The first kappa shape index (κ1) is 19.7. The third-order valence-electron chi connectivity index (χ3n) is 4.91. The Hall–Kier alpha value is -3.58. The van der Waals surface area contributed by atoms with Crippen LogP contribution in [-0.2, 0) is 17.9 Å². The van der Waals surface area contributed by atoms with Gasteiger partial charge < -0.3 is 24.1 Å². The van der Waals surface area contributed by atoms with Crippen LogP contribution in [0.15, 0.2) is 59.5 Å². The van der Waals surface area contributed by atoms with Gasteiger partial charge in [0.15, 0.2) is 11.5 Å². The maximum atomic E-state index is 13.0. The van der Waals surface area contributed by atoms with Gasteiger partial charge in [0.1, 0.15) is 5.56 Å². The minimum atomic E-state index is -0.433. The molecule has 0 radical (unpaired) electrons. The molecule has 7 nitrogen and oxygen atoms in total. The maximum absolute atomic E-state index is 13.0. The summed E-state index contributed by atoms with van der Waals surface area (Å²) in [7, 11) is 1.63. The number of aromatic nitrogens is 1. The molecule has 7 heteroatoms. The lowest BCUT2D eigenvalue weighted by atomic mass is 10.1. The zero-order valence-corrected chi connectivity index (χ0v) is 16.8. The molecule has 0 fully saturated rings. The van der Waals surface area contributed by atoms with Gasteiger partial charge in [-0.3, -0.25) is 9.59 Å². The largest absolute Gasteiger partial charge is 0.454 e. The SMILES string of the molecule is COCc1ccc(NC(=O)c2c(C)ccn(Cc3ccc4c(c3)OCO4)c2=O)cc1. The van der Waals surface area contributed by atoms with E-state index >= 15 is 0 Å². The summed E-state index contributed by atoms with van der Waals surface area (Å²) in [6.07, 6.45) is 1.69. The van der Waals surface area contributed by atoms with Crippen LogP contribution in [0.5, 0.6) is 11.5 Å². The van der Waals surface area contributed by atoms with E-state index in [9.17, 15) is 9.59 Å². The number of rotatable bonds is 6. The summed E-state index contributed by atoms with van der Waals surface area (Å²) in [6.45, 7) is 2.77. The molecule has 0 atom stereocenters. The first-order chi connectivity index (χ1) is 14.5. The number of hydrogen-bond acceptors (Lipinski definition) is 5. The predicted octanol–water partition coefficient (Wildman–Crippen LogP) is 3.33. The fraction of sp³-hybridized carbons (Fsp3) is 0.217. The number of fused-ring (bicyclic) bond motifs is 1. The number of ether oxygens (including phenoxy) is 3. The van der Waals surface area contributed by atoms with Crippen molar-refractivity contribution in [2.75, 3.05) is 19.2 Å². The molecule has 0 aliphatic carbocycles. The minimum absolute atomic E-state index is 0.124. The summed E-state index contributed by atoms with van der Waals surface area (Å²) in [5.41, 5.74) is 2.89. The molecule has 0 spiro atoms. The highest BCUT2D eigenvalue weighted by atomic mass is 16.7. The highest BCUT2D eigenvalue weighted by Gasteiger charge is 2.18. The van der Waals surface area contributed by atoms with Gasteiger partial charge in [0.25, 0.3) is 11.5 Å². The van der Waals surface area contributed by atoms with Crippen molar-refractivity contribution < 1.29 is 19.0 Å². The van der Waals surface area contributed by atoms with Crippen LogP contribution in [0.2, 0.25) is 0 Å². The van der Waals surface area contributed by atoms with E-state index in [4.69, 9.17) is 14.2 Å². The highest BCUT2D eigenvalue weighted by Crippen LogP contribution is 2.32. The number of carbonyl (C=O) groups excluding carboxylic acids is 1. The molecule has 0 saturated heterocycles. The number of nitrogens with zero attached hydrogens (tertiary/aromatic N) is 1. The second kappa shape index (κ2) is 8.42. The van der Waals surface area contributed by atoms with E-state index in [1.54, 1.807) is 38.4 Å². The number of nitrogens with one attached hydrogen (secondary N) is 1. The van der Waals surface area contributed by atoms with Crippen molar-refractivity contribution in [3.05, 3.63) is 87.3 Å². The van der Waals surface area contributed by atoms with Gasteiger partial charge in [-0.25, -0.2) is 0 Å². The van der Waals surface area contributed by atoms with Gasteiger partial charge in [-0.05, 0) is 53.9 Å². The van der Waals surface area contributed by atoms with Crippen LogP contribution in [0.3, 0.4) is 0 Å². The third-order valence-corrected chi connectivity index (χ3v) is 4.91. The second-order valence-corrected chi connectivity index (χ2v) is 7.08. The van der Waals surface area contributed by atoms with E-state index in [1.165, 1.54) is 4.57 Å². The molecule has 154 valence electrons. The quantitative estimate of drug-likeness (QED) is 0.679. The number of aryl methyl sites for hydroxylation is 1.